The van der Waals surface area contributed by atoms with E-state index in [1.807, 2.05) is 42.5 Å². The Labute approximate surface area is 151 Å². The second kappa shape index (κ2) is 7.95. The lowest BCUT2D eigenvalue weighted by atomic mass is 9.85. The molecule has 0 saturated carbocycles. The van der Waals surface area contributed by atoms with Crippen molar-refractivity contribution in [2.45, 2.75) is 19.4 Å². The van der Waals surface area contributed by atoms with Gasteiger partial charge in [0.2, 0.25) is 11.8 Å². The summed E-state index contributed by atoms with van der Waals surface area (Å²) < 4.78 is 4.89. The molecule has 1 aliphatic heterocycles. The molecule has 3 rings (SSSR count). The van der Waals surface area contributed by atoms with Gasteiger partial charge in [-0.3, -0.25) is 24.1 Å². The molecule has 0 unspecified atom stereocenters. The highest BCUT2D eigenvalue weighted by molar-refractivity contribution is 6.07. The number of allylic oxidation sites excluding steroid dienone is 2. The van der Waals surface area contributed by atoms with Gasteiger partial charge in [0, 0.05) is 6.54 Å². The van der Waals surface area contributed by atoms with Crippen molar-refractivity contribution in [2.24, 2.45) is 11.8 Å². The number of nitrogens with zero attached hydrogens (tertiary/aromatic N) is 1. The number of nitrogens with one attached hydrogen (secondary N) is 1. The molecular weight excluding hydrogens is 336 g/mol. The lowest BCUT2D eigenvalue weighted by Gasteiger charge is -2.14. The van der Waals surface area contributed by atoms with Gasteiger partial charge >= 0.3 is 5.97 Å². The molecule has 1 heterocycles. The first-order chi connectivity index (χ1) is 12.6. The first-order valence-corrected chi connectivity index (χ1v) is 8.52. The fraction of sp³-hybridized carbons (Fsp3) is 0.368. The molecule has 3 amide bonds. The van der Waals surface area contributed by atoms with E-state index < -0.39 is 25.0 Å². The van der Waals surface area contributed by atoms with E-state index in [0.29, 0.717) is 19.4 Å². The van der Waals surface area contributed by atoms with Crippen LogP contribution in [-0.2, 0) is 30.5 Å². The Kier molecular flexibility index (Phi) is 5.46. The summed E-state index contributed by atoms with van der Waals surface area (Å²) in [6, 6.07) is 9.33. The third-order valence-electron chi connectivity index (χ3n) is 4.58. The number of imide groups is 1. The Bertz CT molecular complexity index is 718. The van der Waals surface area contributed by atoms with Crippen LogP contribution in [0, 0.1) is 11.8 Å². The number of ether oxygens (including phenoxy) is 1. The Balaban J connectivity index is 1.43. The third-order valence-corrected chi connectivity index (χ3v) is 4.58. The van der Waals surface area contributed by atoms with Crippen LogP contribution < -0.4 is 5.32 Å². The molecule has 2 atom stereocenters. The fourth-order valence-corrected chi connectivity index (χ4v) is 3.19. The Hall–Kier alpha value is -2.96. The van der Waals surface area contributed by atoms with Crippen LogP contribution in [0.15, 0.2) is 42.5 Å². The Morgan fingerprint density at radius 1 is 1.04 bits per heavy atom. The van der Waals surface area contributed by atoms with Crippen LogP contribution >= 0.6 is 0 Å². The van der Waals surface area contributed by atoms with E-state index in [-0.39, 0.29) is 23.7 Å². The number of rotatable bonds is 6. The van der Waals surface area contributed by atoms with E-state index >= 15 is 0 Å². The number of esters is 1. The van der Waals surface area contributed by atoms with Crippen molar-refractivity contribution < 1.29 is 23.9 Å². The van der Waals surface area contributed by atoms with E-state index in [1.165, 1.54) is 0 Å². The summed E-state index contributed by atoms with van der Waals surface area (Å²) in [7, 11) is 0. The van der Waals surface area contributed by atoms with Crippen LogP contribution in [0.1, 0.15) is 18.4 Å². The van der Waals surface area contributed by atoms with Crippen LogP contribution in [0.25, 0.3) is 0 Å². The van der Waals surface area contributed by atoms with E-state index in [1.54, 1.807) is 0 Å². The summed E-state index contributed by atoms with van der Waals surface area (Å²) in [5.74, 6) is -2.65. The highest BCUT2D eigenvalue weighted by atomic mass is 16.5. The number of carbonyl (C=O) groups excluding carboxylic acids is 4. The molecule has 136 valence electrons. The van der Waals surface area contributed by atoms with Gasteiger partial charge in [0.05, 0.1) is 11.8 Å². The maximum Gasteiger partial charge on any atom is 0.326 e. The van der Waals surface area contributed by atoms with Gasteiger partial charge in [0.15, 0.2) is 6.61 Å². The van der Waals surface area contributed by atoms with Gasteiger partial charge in [-0.25, -0.2) is 0 Å². The van der Waals surface area contributed by atoms with Crippen LogP contribution in [0.5, 0.6) is 0 Å². The third kappa shape index (κ3) is 3.99. The standard InChI is InChI=1S/C19H20N2O5/c22-16(20-10-13-6-2-1-3-7-13)12-26-17(23)11-21-18(24)14-8-4-5-9-15(14)19(21)25/h1-7,14-15H,8-12H2,(H,20,22)/t14-,15-/m1/s1. The molecule has 0 radical (unpaired) electrons. The van der Waals surface area contributed by atoms with Crippen molar-refractivity contribution >= 4 is 23.7 Å². The van der Waals surface area contributed by atoms with Crippen molar-refractivity contribution in [1.82, 2.24) is 10.2 Å². The normalized spacial score (nSPS) is 21.5. The van der Waals surface area contributed by atoms with Crippen LogP contribution in [0.4, 0.5) is 0 Å². The quantitative estimate of drug-likeness (QED) is 0.462. The maximum atomic E-state index is 12.3. The summed E-state index contributed by atoms with van der Waals surface area (Å²) in [6.07, 6.45) is 4.79. The molecule has 1 N–H and O–H groups in total. The highest BCUT2D eigenvalue weighted by Gasteiger charge is 2.47. The monoisotopic (exact) mass is 356 g/mol. The van der Waals surface area contributed by atoms with Crippen molar-refractivity contribution in [3.8, 4) is 0 Å². The zero-order valence-corrected chi connectivity index (χ0v) is 14.2. The van der Waals surface area contributed by atoms with Crippen LogP contribution in [0.3, 0.4) is 0 Å². The fourth-order valence-electron chi connectivity index (χ4n) is 3.19. The molecule has 1 saturated heterocycles. The summed E-state index contributed by atoms with van der Waals surface area (Å²) in [4.78, 5) is 49.1. The predicted molar refractivity (Wildman–Crippen MR) is 91.3 cm³/mol. The highest BCUT2D eigenvalue weighted by Crippen LogP contribution is 2.34. The second-order valence-corrected chi connectivity index (χ2v) is 6.34. The summed E-state index contributed by atoms with van der Waals surface area (Å²) >= 11 is 0. The Morgan fingerprint density at radius 2 is 1.65 bits per heavy atom. The minimum absolute atomic E-state index is 0.330. The SMILES string of the molecule is O=C(COC(=O)CN1C(=O)[C@@H]2CC=CC[C@H]2C1=O)NCc1ccccc1. The first kappa shape index (κ1) is 17.8. The van der Waals surface area contributed by atoms with Gasteiger partial charge in [-0.1, -0.05) is 42.5 Å². The molecule has 7 heteroatoms. The molecule has 7 nitrogen and oxygen atoms in total. The van der Waals surface area contributed by atoms with E-state index in [2.05, 4.69) is 5.32 Å². The average molecular weight is 356 g/mol. The lowest BCUT2D eigenvalue weighted by molar-refractivity contribution is -0.154. The minimum atomic E-state index is -0.770. The number of benzene rings is 1. The maximum absolute atomic E-state index is 12.3. The smallest absolute Gasteiger partial charge is 0.326 e. The minimum Gasteiger partial charge on any atom is -0.454 e. The van der Waals surface area contributed by atoms with Crippen molar-refractivity contribution in [3.63, 3.8) is 0 Å². The van der Waals surface area contributed by atoms with Gasteiger partial charge in [0.1, 0.15) is 6.54 Å². The summed E-state index contributed by atoms with van der Waals surface area (Å²) in [5.41, 5.74) is 0.927. The lowest BCUT2D eigenvalue weighted by Crippen LogP contribution is -2.38. The molecule has 1 aromatic rings. The second-order valence-electron chi connectivity index (χ2n) is 6.34. The van der Waals surface area contributed by atoms with Crippen molar-refractivity contribution in [1.29, 1.82) is 0 Å². The number of amides is 3. The van der Waals surface area contributed by atoms with Gasteiger partial charge in [0.25, 0.3) is 5.91 Å². The molecule has 1 aliphatic carbocycles. The van der Waals surface area contributed by atoms with Crippen LogP contribution in [-0.4, -0.2) is 41.7 Å². The zero-order chi connectivity index (χ0) is 18.5. The average Bonchev–Trinajstić information content (AvgIpc) is 2.91. The summed E-state index contributed by atoms with van der Waals surface area (Å²) in [5, 5.41) is 2.63. The molecule has 0 bridgehead atoms. The molecular formula is C19H20N2O5. The van der Waals surface area contributed by atoms with Gasteiger partial charge in [-0.2, -0.15) is 0 Å². The number of fused-ring (bicyclic) bond motifs is 1. The largest absolute Gasteiger partial charge is 0.454 e. The zero-order valence-electron chi connectivity index (χ0n) is 14.2. The number of likely N-dealkylation sites (tertiary alicyclic amines) is 1. The molecule has 0 aromatic heterocycles. The van der Waals surface area contributed by atoms with Gasteiger partial charge in [-0.15, -0.1) is 0 Å². The van der Waals surface area contributed by atoms with Gasteiger partial charge < -0.3 is 10.1 Å². The van der Waals surface area contributed by atoms with Crippen molar-refractivity contribution in [3.05, 3.63) is 48.0 Å². The first-order valence-electron chi connectivity index (χ1n) is 8.52. The van der Waals surface area contributed by atoms with Crippen LogP contribution in [0.2, 0.25) is 0 Å². The van der Waals surface area contributed by atoms with E-state index in [4.69, 9.17) is 4.74 Å². The summed E-state index contributed by atoms with van der Waals surface area (Å²) in [6.45, 7) is -0.566. The topological polar surface area (TPSA) is 92.8 Å². The number of carbonyl (C=O) groups is 4. The van der Waals surface area contributed by atoms with Crippen molar-refractivity contribution in [2.75, 3.05) is 13.2 Å². The molecule has 26 heavy (non-hydrogen) atoms. The number of hydrogen-bond acceptors (Lipinski definition) is 5. The number of hydrogen-bond donors (Lipinski definition) is 1. The molecule has 0 spiro atoms. The molecule has 1 aromatic carbocycles. The Morgan fingerprint density at radius 3 is 2.27 bits per heavy atom. The predicted octanol–water partition coefficient (Wildman–Crippen LogP) is 0.797. The van der Waals surface area contributed by atoms with E-state index in [0.717, 1.165) is 10.5 Å². The molecule has 2 aliphatic rings. The molecule has 1 fully saturated rings. The van der Waals surface area contributed by atoms with E-state index in [9.17, 15) is 19.2 Å². The van der Waals surface area contributed by atoms with Gasteiger partial charge in [-0.05, 0) is 18.4 Å².